The van der Waals surface area contributed by atoms with E-state index in [9.17, 15) is 4.79 Å². The molecule has 2 aromatic carbocycles. The van der Waals surface area contributed by atoms with Crippen molar-refractivity contribution < 1.29 is 19.0 Å². The number of ether oxygens (including phenoxy) is 3. The number of morpholine rings is 1. The zero-order valence-electron chi connectivity index (χ0n) is 19.9. The van der Waals surface area contributed by atoms with Crippen LogP contribution in [0.4, 0.5) is 0 Å². The molecule has 0 aliphatic carbocycles. The molecule has 1 N–H and O–H groups in total. The fourth-order valence-electron chi connectivity index (χ4n) is 4.91. The molecule has 2 aliphatic rings. The van der Waals surface area contributed by atoms with E-state index in [-0.39, 0.29) is 11.9 Å². The van der Waals surface area contributed by atoms with E-state index in [1.54, 1.807) is 14.2 Å². The Hall–Kier alpha value is -3.07. The first-order valence-corrected chi connectivity index (χ1v) is 12.2. The van der Waals surface area contributed by atoms with Gasteiger partial charge >= 0.3 is 0 Å². The molecule has 2 aliphatic heterocycles. The fourth-order valence-corrected chi connectivity index (χ4v) is 5.04. The number of aromatic amines is 1. The Morgan fingerprint density at radius 3 is 2.57 bits per heavy atom. The first-order valence-electron chi connectivity index (χ1n) is 11.8. The largest absolute Gasteiger partial charge is 0.497 e. The molecule has 3 heterocycles. The van der Waals surface area contributed by atoms with E-state index >= 15 is 0 Å². The maximum Gasteiger partial charge on any atom is 0.273 e. The van der Waals surface area contributed by atoms with Gasteiger partial charge in [-0.15, -0.1) is 0 Å². The standard InChI is InChI=1S/C26H29ClN4O4/c1-33-19-8-9-20(21(16-19)34-2)25-22-23(17-4-6-18(27)7-5-17)28-29-24(22)26(32)31(25)11-3-10-30-12-14-35-15-13-30/h4-9,16,25H,3,10-15H2,1-2H3,(H,28,29). The number of fused-ring (bicyclic) bond motifs is 1. The summed E-state index contributed by atoms with van der Waals surface area (Å²) >= 11 is 6.12. The number of nitrogens with one attached hydrogen (secondary N) is 1. The minimum Gasteiger partial charge on any atom is -0.497 e. The van der Waals surface area contributed by atoms with Gasteiger partial charge in [-0.25, -0.2) is 0 Å². The van der Waals surface area contributed by atoms with Crippen LogP contribution in [0.25, 0.3) is 11.3 Å². The average Bonchev–Trinajstić information content (AvgIpc) is 3.44. The van der Waals surface area contributed by atoms with Gasteiger partial charge in [0.2, 0.25) is 0 Å². The zero-order valence-corrected chi connectivity index (χ0v) is 20.7. The van der Waals surface area contributed by atoms with Crippen molar-refractivity contribution in [2.75, 3.05) is 53.6 Å². The topological polar surface area (TPSA) is 79.9 Å². The van der Waals surface area contributed by atoms with E-state index in [4.69, 9.17) is 25.8 Å². The van der Waals surface area contributed by atoms with E-state index in [2.05, 4.69) is 15.1 Å². The molecule has 0 bridgehead atoms. The summed E-state index contributed by atoms with van der Waals surface area (Å²) in [6.07, 6.45) is 0.856. The van der Waals surface area contributed by atoms with E-state index in [1.165, 1.54) is 0 Å². The number of rotatable bonds is 8. The number of H-pyrrole nitrogens is 1. The SMILES string of the molecule is COc1ccc(C2c3c(-c4ccc(Cl)cc4)n[nH]c3C(=O)N2CCCN2CCOCC2)c(OC)c1. The van der Waals surface area contributed by atoms with Crippen molar-refractivity contribution in [1.29, 1.82) is 0 Å². The van der Waals surface area contributed by atoms with Gasteiger partial charge in [0.1, 0.15) is 17.2 Å². The summed E-state index contributed by atoms with van der Waals surface area (Å²) in [5.41, 5.74) is 3.90. The lowest BCUT2D eigenvalue weighted by atomic mass is 9.95. The van der Waals surface area contributed by atoms with Crippen LogP contribution in [0.2, 0.25) is 5.02 Å². The van der Waals surface area contributed by atoms with Gasteiger partial charge in [0.25, 0.3) is 5.91 Å². The van der Waals surface area contributed by atoms with Crippen molar-refractivity contribution in [2.24, 2.45) is 0 Å². The van der Waals surface area contributed by atoms with Crippen LogP contribution in [-0.4, -0.2) is 79.5 Å². The van der Waals surface area contributed by atoms with Crippen LogP contribution < -0.4 is 9.47 Å². The highest BCUT2D eigenvalue weighted by Crippen LogP contribution is 2.46. The van der Waals surface area contributed by atoms with Gasteiger partial charge in [0.05, 0.1) is 39.2 Å². The molecule has 8 nitrogen and oxygen atoms in total. The molecule has 1 atom stereocenters. The molecule has 3 aromatic rings. The number of amides is 1. The normalized spacial score (nSPS) is 18.1. The molecule has 0 saturated carbocycles. The predicted molar refractivity (Wildman–Crippen MR) is 133 cm³/mol. The predicted octanol–water partition coefficient (Wildman–Crippen LogP) is 4.01. The molecule has 1 fully saturated rings. The highest BCUT2D eigenvalue weighted by molar-refractivity contribution is 6.30. The first kappa shape index (κ1) is 23.7. The summed E-state index contributed by atoms with van der Waals surface area (Å²) in [7, 11) is 3.26. The molecule has 184 valence electrons. The molecule has 1 amide bonds. The summed E-state index contributed by atoms with van der Waals surface area (Å²) in [6, 6.07) is 12.9. The van der Waals surface area contributed by atoms with Crippen LogP contribution in [0.1, 0.15) is 34.1 Å². The number of hydrogen-bond acceptors (Lipinski definition) is 6. The maximum atomic E-state index is 13.6. The van der Waals surface area contributed by atoms with Gasteiger partial charge in [-0.05, 0) is 30.7 Å². The third-order valence-corrected chi connectivity index (χ3v) is 6.95. The van der Waals surface area contributed by atoms with Gasteiger partial charge in [-0.2, -0.15) is 5.10 Å². The van der Waals surface area contributed by atoms with Gasteiger partial charge in [-0.3, -0.25) is 14.8 Å². The lowest BCUT2D eigenvalue weighted by molar-refractivity contribution is 0.0354. The summed E-state index contributed by atoms with van der Waals surface area (Å²) in [5, 5.41) is 8.20. The van der Waals surface area contributed by atoms with Crippen molar-refractivity contribution in [3.05, 3.63) is 64.3 Å². The van der Waals surface area contributed by atoms with Crippen LogP contribution in [0.3, 0.4) is 0 Å². The van der Waals surface area contributed by atoms with E-state index in [1.807, 2.05) is 47.4 Å². The third-order valence-electron chi connectivity index (χ3n) is 6.69. The Labute approximate surface area is 209 Å². The number of aromatic nitrogens is 2. The Morgan fingerprint density at radius 2 is 1.86 bits per heavy atom. The summed E-state index contributed by atoms with van der Waals surface area (Å²) in [5.74, 6) is 1.30. The molecule has 1 saturated heterocycles. The first-order chi connectivity index (χ1) is 17.1. The molecule has 1 unspecified atom stereocenters. The molecular weight excluding hydrogens is 468 g/mol. The smallest absolute Gasteiger partial charge is 0.273 e. The van der Waals surface area contributed by atoms with Gasteiger partial charge in [0.15, 0.2) is 0 Å². The number of hydrogen-bond donors (Lipinski definition) is 1. The third kappa shape index (κ3) is 4.61. The van der Waals surface area contributed by atoms with Crippen LogP contribution in [-0.2, 0) is 4.74 Å². The number of carbonyl (C=O) groups excluding carboxylic acids is 1. The Kier molecular flexibility index (Phi) is 6.95. The summed E-state index contributed by atoms with van der Waals surface area (Å²) in [4.78, 5) is 17.9. The zero-order chi connectivity index (χ0) is 24.4. The monoisotopic (exact) mass is 496 g/mol. The lowest BCUT2D eigenvalue weighted by Gasteiger charge is -2.30. The maximum absolute atomic E-state index is 13.6. The minimum atomic E-state index is -0.340. The second-order valence-corrected chi connectivity index (χ2v) is 9.12. The fraction of sp³-hybridized carbons (Fsp3) is 0.385. The van der Waals surface area contributed by atoms with Crippen molar-refractivity contribution >= 4 is 17.5 Å². The van der Waals surface area contributed by atoms with Gasteiger partial charge in [-0.1, -0.05) is 23.7 Å². The average molecular weight is 497 g/mol. The van der Waals surface area contributed by atoms with E-state index in [0.717, 1.165) is 61.7 Å². The summed E-state index contributed by atoms with van der Waals surface area (Å²) < 4.78 is 16.6. The molecule has 0 spiro atoms. The number of carbonyl (C=O) groups is 1. The Balaban J connectivity index is 1.52. The van der Waals surface area contributed by atoms with Crippen molar-refractivity contribution in [3.8, 4) is 22.8 Å². The minimum absolute atomic E-state index is 0.0578. The lowest BCUT2D eigenvalue weighted by Crippen LogP contribution is -2.38. The van der Waals surface area contributed by atoms with Crippen molar-refractivity contribution in [2.45, 2.75) is 12.5 Å². The Bertz CT molecular complexity index is 1190. The molecule has 9 heteroatoms. The van der Waals surface area contributed by atoms with E-state index < -0.39 is 0 Å². The van der Waals surface area contributed by atoms with Crippen LogP contribution in [0.5, 0.6) is 11.5 Å². The quantitative estimate of drug-likeness (QED) is 0.507. The number of methoxy groups -OCH3 is 2. The second kappa shape index (κ2) is 10.3. The Morgan fingerprint density at radius 1 is 1.09 bits per heavy atom. The molecule has 0 radical (unpaired) electrons. The highest BCUT2D eigenvalue weighted by Gasteiger charge is 2.43. The number of nitrogens with zero attached hydrogens (tertiary/aromatic N) is 3. The van der Waals surface area contributed by atoms with Gasteiger partial charge < -0.3 is 19.1 Å². The van der Waals surface area contributed by atoms with Crippen LogP contribution >= 0.6 is 11.6 Å². The van der Waals surface area contributed by atoms with Crippen molar-refractivity contribution in [1.82, 2.24) is 20.0 Å². The summed E-state index contributed by atoms with van der Waals surface area (Å²) in [6.45, 7) is 4.89. The van der Waals surface area contributed by atoms with E-state index in [0.29, 0.717) is 28.8 Å². The van der Waals surface area contributed by atoms with Crippen molar-refractivity contribution in [3.63, 3.8) is 0 Å². The van der Waals surface area contributed by atoms with Crippen LogP contribution in [0.15, 0.2) is 42.5 Å². The number of halogens is 1. The number of benzene rings is 2. The molecule has 35 heavy (non-hydrogen) atoms. The molecule has 1 aromatic heterocycles. The highest BCUT2D eigenvalue weighted by atomic mass is 35.5. The van der Waals surface area contributed by atoms with Crippen LogP contribution in [0, 0.1) is 0 Å². The second-order valence-electron chi connectivity index (χ2n) is 8.68. The molecular formula is C26H29ClN4O4. The molecule has 5 rings (SSSR count). The van der Waals surface area contributed by atoms with Gasteiger partial charge in [0, 0.05) is 54.0 Å².